The largest absolute Gasteiger partial charge is 0.450 e. The predicted molar refractivity (Wildman–Crippen MR) is 90.9 cm³/mol. The van der Waals surface area contributed by atoms with E-state index in [0.29, 0.717) is 40.4 Å². The molecule has 0 saturated carbocycles. The molecule has 8 heteroatoms. The summed E-state index contributed by atoms with van der Waals surface area (Å²) in [5, 5.41) is 3.07. The van der Waals surface area contributed by atoms with Crippen molar-refractivity contribution in [2.24, 2.45) is 10.9 Å². The monoisotopic (exact) mass is 344 g/mol. The number of hydroxylamine groups is 3. The van der Waals surface area contributed by atoms with Gasteiger partial charge in [-0.3, -0.25) is 5.32 Å². The quantitative estimate of drug-likeness (QED) is 0.838. The average molecular weight is 344 g/mol. The molecule has 132 valence electrons. The summed E-state index contributed by atoms with van der Waals surface area (Å²) in [4.78, 5) is 19.1. The van der Waals surface area contributed by atoms with Gasteiger partial charge in [0.2, 0.25) is 5.71 Å². The first kappa shape index (κ1) is 15.1. The maximum atomic E-state index is 6.30. The number of pyridine rings is 1. The van der Waals surface area contributed by atoms with Crippen molar-refractivity contribution in [3.05, 3.63) is 17.8 Å². The van der Waals surface area contributed by atoms with E-state index >= 15 is 0 Å². The van der Waals surface area contributed by atoms with Gasteiger partial charge in [-0.1, -0.05) is 0 Å². The highest BCUT2D eigenvalue weighted by Crippen LogP contribution is 2.44. The van der Waals surface area contributed by atoms with Gasteiger partial charge >= 0.3 is 6.01 Å². The normalized spacial score (nSPS) is 33.7. The van der Waals surface area contributed by atoms with Crippen LogP contribution in [0.25, 0.3) is 11.2 Å². The number of aliphatic imine (C=N–C) groups is 1. The van der Waals surface area contributed by atoms with E-state index in [4.69, 9.17) is 14.0 Å². The Morgan fingerprint density at radius 2 is 2.12 bits per heavy atom. The van der Waals surface area contributed by atoms with E-state index in [-0.39, 0.29) is 5.60 Å². The number of quaternary nitrogens is 1. The van der Waals surface area contributed by atoms with Gasteiger partial charge in [-0.05, 0) is 19.1 Å². The molecule has 1 spiro atoms. The van der Waals surface area contributed by atoms with Crippen LogP contribution in [0.4, 0.5) is 6.01 Å². The zero-order chi connectivity index (χ0) is 17.1. The Balaban J connectivity index is 1.35. The minimum absolute atomic E-state index is 0.268. The number of amidine groups is 1. The minimum atomic E-state index is -0.268. The van der Waals surface area contributed by atoms with E-state index in [9.17, 15) is 0 Å². The van der Waals surface area contributed by atoms with Crippen LogP contribution in [0.3, 0.4) is 0 Å². The fourth-order valence-corrected chi connectivity index (χ4v) is 4.46. The number of oxazole rings is 1. The Bertz CT molecular complexity index is 855. The number of rotatable bonds is 2. The summed E-state index contributed by atoms with van der Waals surface area (Å²) in [6.45, 7) is 5.54. The van der Waals surface area contributed by atoms with Crippen molar-refractivity contribution in [1.29, 1.82) is 0 Å². The molecule has 0 radical (unpaired) electrons. The summed E-state index contributed by atoms with van der Waals surface area (Å²) in [6, 6.07) is 4.64. The number of nitrogens with one attached hydrogen (secondary N) is 1. The number of nitrogens with zero attached hydrogens (tertiary/aromatic N) is 4. The highest BCUT2D eigenvalue weighted by atomic mass is 16.7. The lowest BCUT2D eigenvalue weighted by Gasteiger charge is -2.53. The van der Waals surface area contributed by atoms with Crippen molar-refractivity contribution in [2.75, 3.05) is 38.6 Å². The van der Waals surface area contributed by atoms with E-state index in [2.05, 4.69) is 20.3 Å². The van der Waals surface area contributed by atoms with Gasteiger partial charge in [-0.25, -0.2) is 14.8 Å². The first-order valence-electron chi connectivity index (χ1n) is 8.76. The molecule has 6 rings (SSSR count). The fourth-order valence-electron chi connectivity index (χ4n) is 4.46. The van der Waals surface area contributed by atoms with Gasteiger partial charge in [0.25, 0.3) is 6.02 Å². The van der Waals surface area contributed by atoms with Crippen LogP contribution in [-0.2, 0) is 9.57 Å². The van der Waals surface area contributed by atoms with Gasteiger partial charge in [-0.2, -0.15) is 9.63 Å². The lowest BCUT2D eigenvalue weighted by Crippen LogP contribution is -2.69. The van der Waals surface area contributed by atoms with Crippen LogP contribution in [0.2, 0.25) is 0 Å². The van der Waals surface area contributed by atoms with Gasteiger partial charge in [-0.15, -0.1) is 0 Å². The van der Waals surface area contributed by atoms with Crippen LogP contribution in [0.5, 0.6) is 0 Å². The van der Waals surface area contributed by atoms with Crippen LogP contribution >= 0.6 is 0 Å². The molecule has 2 aromatic heterocycles. The molecular formula is C17H22N5O3+. The molecular weight excluding hydrogens is 322 g/mol. The molecule has 4 aliphatic heterocycles. The van der Waals surface area contributed by atoms with Crippen LogP contribution in [-0.4, -0.2) is 59.5 Å². The molecule has 0 aliphatic carbocycles. The fraction of sp³-hybridized carbons (Fsp3) is 0.588. The lowest BCUT2D eigenvalue weighted by atomic mass is 9.75. The Morgan fingerprint density at radius 1 is 1.28 bits per heavy atom. The number of anilines is 1. The molecule has 25 heavy (non-hydrogen) atoms. The lowest BCUT2D eigenvalue weighted by molar-refractivity contribution is -1.12. The third kappa shape index (κ3) is 2.31. The SMILES string of the molecule is CO[N+]12CCC(CC1)[C@]1(CN=C(Nc3nc4ccc(C)nc4o3)O1)C2. The summed E-state index contributed by atoms with van der Waals surface area (Å²) >= 11 is 0. The summed E-state index contributed by atoms with van der Waals surface area (Å²) in [5.41, 5.74) is 1.86. The second-order valence-electron chi connectivity index (χ2n) is 7.33. The van der Waals surface area contributed by atoms with Gasteiger partial charge < -0.3 is 9.15 Å². The molecule has 4 aliphatic rings. The number of aromatic nitrogens is 2. The van der Waals surface area contributed by atoms with E-state index in [0.717, 1.165) is 38.2 Å². The maximum Gasteiger partial charge on any atom is 0.305 e. The zero-order valence-corrected chi connectivity index (χ0v) is 14.5. The van der Waals surface area contributed by atoms with Crippen molar-refractivity contribution < 1.29 is 18.6 Å². The molecule has 3 saturated heterocycles. The number of piperidine rings is 3. The van der Waals surface area contributed by atoms with Crippen molar-refractivity contribution in [1.82, 2.24) is 9.97 Å². The predicted octanol–water partition coefficient (Wildman–Crippen LogP) is 1.87. The first-order valence-corrected chi connectivity index (χ1v) is 8.76. The molecule has 2 aromatic rings. The molecule has 0 amide bonds. The van der Waals surface area contributed by atoms with Crippen molar-refractivity contribution in [3.63, 3.8) is 0 Å². The standard InChI is InChI=1S/C17H22N5O3/c1-11-3-4-13-14(19-11)24-16(20-13)21-15-18-9-17(25-15)10-22(23-2)7-5-12(17)6-8-22/h3-4,12H,5-10H2,1-2H3,(H,18,20,21)/q+1/t12?,17-,22?/m0/s1. The molecule has 2 bridgehead atoms. The molecule has 3 fully saturated rings. The van der Waals surface area contributed by atoms with Gasteiger partial charge in [0.1, 0.15) is 18.6 Å². The maximum absolute atomic E-state index is 6.30. The first-order chi connectivity index (χ1) is 12.1. The number of ether oxygens (including phenoxy) is 1. The van der Waals surface area contributed by atoms with E-state index in [1.54, 1.807) is 7.11 Å². The summed E-state index contributed by atoms with van der Waals surface area (Å²) in [6.07, 6.45) is 2.23. The average Bonchev–Trinajstić information content (AvgIpc) is 3.19. The molecule has 1 N–H and O–H groups in total. The van der Waals surface area contributed by atoms with Gasteiger partial charge in [0.15, 0.2) is 12.1 Å². The van der Waals surface area contributed by atoms with Crippen LogP contribution < -0.4 is 5.32 Å². The van der Waals surface area contributed by atoms with Crippen molar-refractivity contribution in [2.45, 2.75) is 25.4 Å². The van der Waals surface area contributed by atoms with E-state index < -0.39 is 0 Å². The Morgan fingerprint density at radius 3 is 2.92 bits per heavy atom. The number of fused-ring (bicyclic) bond motifs is 3. The smallest absolute Gasteiger partial charge is 0.305 e. The number of hydrogen-bond donors (Lipinski definition) is 1. The summed E-state index contributed by atoms with van der Waals surface area (Å²) in [7, 11) is 1.79. The van der Waals surface area contributed by atoms with Gasteiger partial charge in [0.05, 0.1) is 13.7 Å². The van der Waals surface area contributed by atoms with Crippen molar-refractivity contribution in [3.8, 4) is 0 Å². The van der Waals surface area contributed by atoms with Crippen LogP contribution in [0.1, 0.15) is 18.5 Å². The molecule has 6 heterocycles. The number of aryl methyl sites for hydroxylation is 1. The van der Waals surface area contributed by atoms with E-state index in [1.807, 2.05) is 19.1 Å². The highest BCUT2D eigenvalue weighted by Gasteiger charge is 2.60. The third-order valence-electron chi connectivity index (χ3n) is 5.86. The van der Waals surface area contributed by atoms with Crippen LogP contribution in [0.15, 0.2) is 21.5 Å². The summed E-state index contributed by atoms with van der Waals surface area (Å²) < 4.78 is 12.6. The van der Waals surface area contributed by atoms with Gasteiger partial charge in [0, 0.05) is 24.5 Å². The third-order valence-corrected chi connectivity index (χ3v) is 5.86. The second-order valence-corrected chi connectivity index (χ2v) is 7.33. The topological polar surface area (TPSA) is 81.8 Å². The minimum Gasteiger partial charge on any atom is -0.450 e. The molecule has 0 unspecified atom stereocenters. The zero-order valence-electron chi connectivity index (χ0n) is 14.5. The Labute approximate surface area is 145 Å². The second kappa shape index (κ2) is 5.15. The molecule has 8 nitrogen and oxygen atoms in total. The highest BCUT2D eigenvalue weighted by molar-refractivity contribution is 5.89. The molecule has 0 aromatic carbocycles. The molecule has 1 atom stereocenters. The Kier molecular flexibility index (Phi) is 3.11. The van der Waals surface area contributed by atoms with E-state index in [1.165, 1.54) is 0 Å². The Hall–Kier alpha value is -2.19. The van der Waals surface area contributed by atoms with Crippen LogP contribution in [0, 0.1) is 12.8 Å². The summed E-state index contributed by atoms with van der Waals surface area (Å²) in [5.74, 6) is 0.527. The number of hydrogen-bond acceptors (Lipinski definition) is 7. The van der Waals surface area contributed by atoms with Crippen molar-refractivity contribution >= 4 is 23.3 Å².